The second-order valence-electron chi connectivity index (χ2n) is 5.19. The highest BCUT2D eigenvalue weighted by Gasteiger charge is 2.21. The van der Waals surface area contributed by atoms with Gasteiger partial charge in [-0.2, -0.15) is 0 Å². The van der Waals surface area contributed by atoms with Crippen molar-refractivity contribution in [3.63, 3.8) is 0 Å². The maximum atomic E-state index is 11.3. The summed E-state index contributed by atoms with van der Waals surface area (Å²) in [6.07, 6.45) is 3.64. The van der Waals surface area contributed by atoms with Crippen LogP contribution in [-0.4, -0.2) is 56.7 Å². The molecule has 1 unspecified atom stereocenters. The third kappa shape index (κ3) is 6.93. The molecule has 1 atom stereocenters. The first-order valence-electron chi connectivity index (χ1n) is 6.92. The SMILES string of the molecule is CCCNC(CN(C)CCOCC1CC1)C(N)=O. The average Bonchev–Trinajstić information content (AvgIpc) is 3.13. The molecule has 0 radical (unpaired) electrons. The molecular formula is C13H27N3O2. The summed E-state index contributed by atoms with van der Waals surface area (Å²) in [4.78, 5) is 13.4. The molecule has 0 aromatic carbocycles. The number of carbonyl (C=O) groups excluding carboxylic acids is 1. The van der Waals surface area contributed by atoms with Gasteiger partial charge in [-0.1, -0.05) is 6.92 Å². The summed E-state index contributed by atoms with van der Waals surface area (Å²) in [6.45, 7) is 5.99. The Morgan fingerprint density at radius 1 is 1.56 bits per heavy atom. The van der Waals surface area contributed by atoms with Crippen LogP contribution in [0.5, 0.6) is 0 Å². The molecule has 0 spiro atoms. The van der Waals surface area contributed by atoms with Crippen LogP contribution in [0.25, 0.3) is 0 Å². The highest BCUT2D eigenvalue weighted by Crippen LogP contribution is 2.28. The third-order valence-corrected chi connectivity index (χ3v) is 3.15. The molecule has 0 saturated heterocycles. The number of likely N-dealkylation sites (N-methyl/N-ethyl adjacent to an activating group) is 1. The number of nitrogens with zero attached hydrogens (tertiary/aromatic N) is 1. The van der Waals surface area contributed by atoms with E-state index in [1.54, 1.807) is 0 Å². The Balaban J connectivity index is 2.09. The van der Waals surface area contributed by atoms with E-state index in [1.807, 2.05) is 7.05 Å². The number of ether oxygens (including phenoxy) is 1. The third-order valence-electron chi connectivity index (χ3n) is 3.15. The monoisotopic (exact) mass is 257 g/mol. The summed E-state index contributed by atoms with van der Waals surface area (Å²) in [5.74, 6) is 0.522. The van der Waals surface area contributed by atoms with E-state index in [-0.39, 0.29) is 11.9 Å². The summed E-state index contributed by atoms with van der Waals surface area (Å²) in [6, 6.07) is -0.265. The molecule has 0 aromatic rings. The van der Waals surface area contributed by atoms with Gasteiger partial charge in [0.2, 0.25) is 5.91 Å². The van der Waals surface area contributed by atoms with Crippen LogP contribution in [0.1, 0.15) is 26.2 Å². The molecule has 106 valence electrons. The first-order valence-corrected chi connectivity index (χ1v) is 6.92. The highest BCUT2D eigenvalue weighted by atomic mass is 16.5. The van der Waals surface area contributed by atoms with E-state index in [9.17, 15) is 4.79 Å². The van der Waals surface area contributed by atoms with E-state index >= 15 is 0 Å². The van der Waals surface area contributed by atoms with Crippen molar-refractivity contribution < 1.29 is 9.53 Å². The van der Waals surface area contributed by atoms with Crippen LogP contribution in [0.15, 0.2) is 0 Å². The summed E-state index contributed by atoms with van der Waals surface area (Å²) in [5.41, 5.74) is 5.37. The molecule has 1 amide bonds. The number of primary amides is 1. The van der Waals surface area contributed by atoms with Crippen LogP contribution in [0.3, 0.4) is 0 Å². The van der Waals surface area contributed by atoms with Crippen LogP contribution in [0, 0.1) is 5.92 Å². The van der Waals surface area contributed by atoms with Gasteiger partial charge in [0.25, 0.3) is 0 Å². The molecule has 0 heterocycles. The zero-order valence-corrected chi connectivity index (χ0v) is 11.7. The quantitative estimate of drug-likeness (QED) is 0.519. The Labute approximate surface area is 110 Å². The van der Waals surface area contributed by atoms with Crippen LogP contribution < -0.4 is 11.1 Å². The molecule has 1 fully saturated rings. The standard InChI is InChI=1S/C13H27N3O2/c1-3-6-15-12(13(14)17)9-16(2)7-8-18-10-11-4-5-11/h11-12,15H,3-10H2,1-2H3,(H2,14,17). The first-order chi connectivity index (χ1) is 8.63. The summed E-state index contributed by atoms with van der Waals surface area (Å²) in [7, 11) is 1.99. The average molecular weight is 257 g/mol. The minimum Gasteiger partial charge on any atom is -0.380 e. The van der Waals surface area contributed by atoms with Crippen molar-refractivity contribution in [1.82, 2.24) is 10.2 Å². The van der Waals surface area contributed by atoms with Gasteiger partial charge in [0.15, 0.2) is 0 Å². The molecule has 0 bridgehead atoms. The number of hydrogen-bond acceptors (Lipinski definition) is 4. The zero-order valence-electron chi connectivity index (χ0n) is 11.7. The van der Waals surface area contributed by atoms with E-state index in [0.717, 1.165) is 38.6 Å². The Hall–Kier alpha value is -0.650. The number of amides is 1. The molecule has 1 saturated carbocycles. The van der Waals surface area contributed by atoms with Crippen molar-refractivity contribution >= 4 is 5.91 Å². The fourth-order valence-corrected chi connectivity index (χ4v) is 1.73. The minimum absolute atomic E-state index is 0.265. The molecule has 1 rings (SSSR count). The van der Waals surface area contributed by atoms with Crippen LogP contribution in [0.2, 0.25) is 0 Å². The van der Waals surface area contributed by atoms with Crippen LogP contribution in [-0.2, 0) is 9.53 Å². The van der Waals surface area contributed by atoms with Gasteiger partial charge >= 0.3 is 0 Å². The maximum absolute atomic E-state index is 11.3. The Bertz CT molecular complexity index is 244. The minimum atomic E-state index is -0.283. The van der Waals surface area contributed by atoms with Crippen LogP contribution >= 0.6 is 0 Å². The Kier molecular flexibility index (Phi) is 7.23. The van der Waals surface area contributed by atoms with E-state index in [0.29, 0.717) is 6.54 Å². The highest BCUT2D eigenvalue weighted by molar-refractivity contribution is 5.80. The molecule has 18 heavy (non-hydrogen) atoms. The van der Waals surface area contributed by atoms with E-state index in [4.69, 9.17) is 10.5 Å². The normalized spacial score (nSPS) is 17.1. The molecule has 5 heteroatoms. The van der Waals surface area contributed by atoms with Gasteiger partial charge in [-0.25, -0.2) is 0 Å². The summed E-state index contributed by atoms with van der Waals surface area (Å²) >= 11 is 0. The van der Waals surface area contributed by atoms with Crippen molar-refractivity contribution in [3.8, 4) is 0 Å². The number of carbonyl (C=O) groups is 1. The smallest absolute Gasteiger partial charge is 0.235 e. The topological polar surface area (TPSA) is 67.6 Å². The van der Waals surface area contributed by atoms with E-state index < -0.39 is 0 Å². The molecule has 1 aliphatic rings. The Morgan fingerprint density at radius 3 is 2.83 bits per heavy atom. The lowest BCUT2D eigenvalue weighted by Gasteiger charge is -2.22. The van der Waals surface area contributed by atoms with E-state index in [1.165, 1.54) is 12.8 Å². The van der Waals surface area contributed by atoms with Gasteiger partial charge in [0.1, 0.15) is 0 Å². The van der Waals surface area contributed by atoms with Crippen molar-refractivity contribution in [2.45, 2.75) is 32.2 Å². The van der Waals surface area contributed by atoms with Crippen molar-refractivity contribution in [1.29, 1.82) is 0 Å². The first kappa shape index (κ1) is 15.4. The summed E-state index contributed by atoms with van der Waals surface area (Å²) in [5, 5.41) is 3.16. The van der Waals surface area contributed by atoms with Crippen molar-refractivity contribution in [2.24, 2.45) is 11.7 Å². The van der Waals surface area contributed by atoms with E-state index in [2.05, 4.69) is 17.1 Å². The Morgan fingerprint density at radius 2 is 2.28 bits per heavy atom. The van der Waals surface area contributed by atoms with Crippen LogP contribution in [0.4, 0.5) is 0 Å². The van der Waals surface area contributed by atoms with Crippen molar-refractivity contribution in [2.75, 3.05) is 39.9 Å². The molecular weight excluding hydrogens is 230 g/mol. The molecule has 1 aliphatic carbocycles. The van der Waals surface area contributed by atoms with Gasteiger partial charge in [0.05, 0.1) is 12.6 Å². The number of rotatable bonds is 11. The molecule has 3 N–H and O–H groups in total. The molecule has 0 aliphatic heterocycles. The molecule has 0 aromatic heterocycles. The van der Waals surface area contributed by atoms with Gasteiger partial charge < -0.3 is 20.7 Å². The predicted octanol–water partition coefficient (Wildman–Crippen LogP) is 0.198. The summed E-state index contributed by atoms with van der Waals surface area (Å²) < 4.78 is 5.57. The lowest BCUT2D eigenvalue weighted by molar-refractivity contribution is -0.120. The van der Waals surface area contributed by atoms with Gasteiger partial charge in [0, 0.05) is 19.7 Å². The van der Waals surface area contributed by atoms with Gasteiger partial charge in [-0.05, 0) is 38.8 Å². The van der Waals surface area contributed by atoms with Crippen molar-refractivity contribution in [3.05, 3.63) is 0 Å². The lowest BCUT2D eigenvalue weighted by atomic mass is 10.2. The second kappa shape index (κ2) is 8.45. The number of nitrogens with one attached hydrogen (secondary N) is 1. The van der Waals surface area contributed by atoms with Gasteiger partial charge in [-0.15, -0.1) is 0 Å². The zero-order chi connectivity index (χ0) is 13.4. The fourth-order valence-electron chi connectivity index (χ4n) is 1.73. The number of hydrogen-bond donors (Lipinski definition) is 2. The van der Waals surface area contributed by atoms with Gasteiger partial charge in [-0.3, -0.25) is 4.79 Å². The molecule has 5 nitrogen and oxygen atoms in total. The predicted molar refractivity (Wildman–Crippen MR) is 72.3 cm³/mol. The maximum Gasteiger partial charge on any atom is 0.235 e. The lowest BCUT2D eigenvalue weighted by Crippen LogP contribution is -2.49. The number of nitrogens with two attached hydrogens (primary N) is 1. The fraction of sp³-hybridized carbons (Fsp3) is 0.923. The second-order valence-corrected chi connectivity index (χ2v) is 5.19. The largest absolute Gasteiger partial charge is 0.380 e.